The standard InChI is InChI=1S/C24H22FN5O3/c1-27-20(31)14-29-22(17-7-5-15(13-26)6-8-17)21-19(9-10-28-23(21)32)30(24(29)33)18-4-2-3-16(11-18)12-25/h2-8,11,22H,9-10,12,14H2,1H3,(H,27,31)(H,28,32)/t22-/m0/s1. The van der Waals surface area contributed by atoms with E-state index in [0.29, 0.717) is 46.6 Å². The van der Waals surface area contributed by atoms with Gasteiger partial charge in [-0.2, -0.15) is 5.26 Å². The monoisotopic (exact) mass is 447 g/mol. The molecule has 0 fully saturated rings. The van der Waals surface area contributed by atoms with Crippen LogP contribution in [0.4, 0.5) is 14.9 Å². The average Bonchev–Trinajstić information content (AvgIpc) is 2.85. The summed E-state index contributed by atoms with van der Waals surface area (Å²) in [6, 6.07) is 13.8. The summed E-state index contributed by atoms with van der Waals surface area (Å²) in [6.45, 7) is -0.638. The van der Waals surface area contributed by atoms with Crippen LogP contribution in [0, 0.1) is 11.3 Å². The smallest absolute Gasteiger partial charge is 0.330 e. The average molecular weight is 447 g/mol. The van der Waals surface area contributed by atoms with Crippen molar-refractivity contribution in [1.82, 2.24) is 15.5 Å². The van der Waals surface area contributed by atoms with E-state index in [2.05, 4.69) is 10.6 Å². The Labute approximate surface area is 190 Å². The van der Waals surface area contributed by atoms with Crippen molar-refractivity contribution < 1.29 is 18.8 Å². The van der Waals surface area contributed by atoms with E-state index in [1.807, 2.05) is 6.07 Å². The van der Waals surface area contributed by atoms with Crippen LogP contribution in [0.5, 0.6) is 0 Å². The summed E-state index contributed by atoms with van der Waals surface area (Å²) < 4.78 is 13.3. The Hall–Kier alpha value is -4.19. The van der Waals surface area contributed by atoms with Gasteiger partial charge in [-0.25, -0.2) is 9.18 Å². The second kappa shape index (κ2) is 9.12. The number of hydrogen-bond acceptors (Lipinski definition) is 4. The number of alkyl halides is 1. The van der Waals surface area contributed by atoms with E-state index < -0.39 is 24.7 Å². The molecule has 0 aliphatic carbocycles. The Balaban J connectivity index is 1.93. The molecule has 0 spiro atoms. The Morgan fingerprint density at radius 1 is 1.24 bits per heavy atom. The largest absolute Gasteiger partial charge is 0.358 e. The quantitative estimate of drug-likeness (QED) is 0.735. The summed E-state index contributed by atoms with van der Waals surface area (Å²) in [4.78, 5) is 42.0. The van der Waals surface area contributed by atoms with Gasteiger partial charge in [0, 0.05) is 25.7 Å². The maximum Gasteiger partial charge on any atom is 0.330 e. The number of urea groups is 1. The van der Waals surface area contributed by atoms with Crippen molar-refractivity contribution in [3.05, 3.63) is 76.5 Å². The summed E-state index contributed by atoms with van der Waals surface area (Å²) in [5, 5.41) is 14.5. The number of anilines is 1. The van der Waals surface area contributed by atoms with Crippen LogP contribution in [0.1, 0.15) is 29.2 Å². The number of amides is 4. The number of likely N-dealkylation sites (N-methyl/N-ethyl adjacent to an activating group) is 1. The zero-order chi connectivity index (χ0) is 23.5. The van der Waals surface area contributed by atoms with Gasteiger partial charge in [0.25, 0.3) is 5.91 Å². The summed E-state index contributed by atoms with van der Waals surface area (Å²) in [6.07, 6.45) is 0.396. The molecule has 2 aliphatic heterocycles. The number of nitriles is 1. The van der Waals surface area contributed by atoms with Crippen molar-refractivity contribution in [2.45, 2.75) is 19.1 Å². The molecule has 168 valence electrons. The van der Waals surface area contributed by atoms with Gasteiger partial charge >= 0.3 is 6.03 Å². The molecule has 4 amide bonds. The van der Waals surface area contributed by atoms with Crippen molar-refractivity contribution in [2.24, 2.45) is 0 Å². The lowest BCUT2D eigenvalue weighted by Gasteiger charge is -2.45. The van der Waals surface area contributed by atoms with Gasteiger partial charge < -0.3 is 15.5 Å². The van der Waals surface area contributed by atoms with Gasteiger partial charge in [0.15, 0.2) is 0 Å². The fraction of sp³-hybridized carbons (Fsp3) is 0.250. The van der Waals surface area contributed by atoms with Gasteiger partial charge in [0.1, 0.15) is 13.2 Å². The molecule has 0 radical (unpaired) electrons. The number of carbonyl (C=O) groups is 3. The summed E-state index contributed by atoms with van der Waals surface area (Å²) in [7, 11) is 1.47. The van der Waals surface area contributed by atoms with E-state index in [-0.39, 0.29) is 12.5 Å². The number of hydrogen-bond donors (Lipinski definition) is 2. The molecule has 0 bridgehead atoms. The highest BCUT2D eigenvalue weighted by molar-refractivity contribution is 6.06. The Morgan fingerprint density at radius 2 is 2.00 bits per heavy atom. The molecule has 4 rings (SSSR count). The van der Waals surface area contributed by atoms with Crippen LogP contribution in [0.3, 0.4) is 0 Å². The van der Waals surface area contributed by atoms with Crippen LogP contribution in [0.2, 0.25) is 0 Å². The molecule has 8 nitrogen and oxygen atoms in total. The Bertz CT molecular complexity index is 1190. The summed E-state index contributed by atoms with van der Waals surface area (Å²) in [5.41, 5.74) is 2.73. The second-order valence-electron chi connectivity index (χ2n) is 7.73. The van der Waals surface area contributed by atoms with Crippen molar-refractivity contribution in [2.75, 3.05) is 25.0 Å². The highest BCUT2D eigenvalue weighted by Gasteiger charge is 2.45. The molecule has 0 saturated carbocycles. The fourth-order valence-corrected chi connectivity index (χ4v) is 4.20. The number of nitrogens with one attached hydrogen (secondary N) is 2. The zero-order valence-corrected chi connectivity index (χ0v) is 18.0. The van der Waals surface area contributed by atoms with Gasteiger partial charge in [-0.05, 0) is 35.4 Å². The van der Waals surface area contributed by atoms with Crippen LogP contribution in [-0.2, 0) is 16.3 Å². The first-order valence-electron chi connectivity index (χ1n) is 10.5. The van der Waals surface area contributed by atoms with E-state index in [1.165, 1.54) is 16.8 Å². The number of halogens is 1. The molecule has 0 saturated heterocycles. The van der Waals surface area contributed by atoms with Crippen molar-refractivity contribution in [3.8, 4) is 6.07 Å². The lowest BCUT2D eigenvalue weighted by Crippen LogP contribution is -2.56. The lowest BCUT2D eigenvalue weighted by atomic mass is 9.88. The molecular weight excluding hydrogens is 425 g/mol. The van der Waals surface area contributed by atoms with Gasteiger partial charge in [0.05, 0.1) is 28.9 Å². The number of nitrogens with zero attached hydrogens (tertiary/aromatic N) is 3. The van der Waals surface area contributed by atoms with E-state index in [9.17, 15) is 18.8 Å². The van der Waals surface area contributed by atoms with Crippen molar-refractivity contribution in [3.63, 3.8) is 0 Å². The number of rotatable bonds is 5. The van der Waals surface area contributed by atoms with Crippen LogP contribution >= 0.6 is 0 Å². The highest BCUT2D eigenvalue weighted by Crippen LogP contribution is 2.41. The summed E-state index contributed by atoms with van der Waals surface area (Å²) in [5.74, 6) is -0.744. The zero-order valence-electron chi connectivity index (χ0n) is 18.0. The van der Waals surface area contributed by atoms with Gasteiger partial charge in [-0.3, -0.25) is 14.5 Å². The van der Waals surface area contributed by atoms with Crippen LogP contribution in [0.15, 0.2) is 59.8 Å². The second-order valence-corrected chi connectivity index (χ2v) is 7.73. The molecule has 2 aromatic rings. The molecule has 2 aliphatic rings. The molecule has 2 N–H and O–H groups in total. The van der Waals surface area contributed by atoms with Crippen molar-refractivity contribution >= 4 is 23.5 Å². The van der Waals surface area contributed by atoms with E-state index >= 15 is 0 Å². The number of carbonyl (C=O) groups excluding carboxylic acids is 3. The minimum absolute atomic E-state index is 0.288. The van der Waals surface area contributed by atoms with Crippen LogP contribution in [-0.4, -0.2) is 42.9 Å². The molecule has 0 aromatic heterocycles. The van der Waals surface area contributed by atoms with E-state index in [1.54, 1.807) is 48.5 Å². The van der Waals surface area contributed by atoms with Gasteiger partial charge in [0.2, 0.25) is 5.91 Å². The normalized spacial score (nSPS) is 17.9. The maximum atomic E-state index is 13.8. The maximum absolute atomic E-state index is 13.8. The molecule has 1 atom stereocenters. The molecule has 2 aromatic carbocycles. The fourth-order valence-electron chi connectivity index (χ4n) is 4.20. The van der Waals surface area contributed by atoms with Crippen molar-refractivity contribution in [1.29, 1.82) is 5.26 Å². The SMILES string of the molecule is CNC(=O)CN1C(=O)N(c2cccc(CF)c2)C2=C(C(=O)NCC2)[C@@H]1c1ccc(C#N)cc1. The lowest BCUT2D eigenvalue weighted by molar-refractivity contribution is -0.122. The first kappa shape index (κ1) is 22.0. The molecule has 2 heterocycles. The van der Waals surface area contributed by atoms with E-state index in [0.717, 1.165) is 0 Å². The first-order valence-corrected chi connectivity index (χ1v) is 10.5. The first-order chi connectivity index (χ1) is 16.0. The summed E-state index contributed by atoms with van der Waals surface area (Å²) >= 11 is 0. The minimum Gasteiger partial charge on any atom is -0.358 e. The third-order valence-corrected chi connectivity index (χ3v) is 5.77. The highest BCUT2D eigenvalue weighted by atomic mass is 19.1. The topological polar surface area (TPSA) is 106 Å². The predicted molar refractivity (Wildman–Crippen MR) is 118 cm³/mol. The van der Waals surface area contributed by atoms with Crippen LogP contribution < -0.4 is 15.5 Å². The van der Waals surface area contributed by atoms with E-state index in [4.69, 9.17) is 5.26 Å². The third kappa shape index (κ3) is 4.03. The minimum atomic E-state index is -0.821. The number of benzene rings is 2. The third-order valence-electron chi connectivity index (χ3n) is 5.77. The van der Waals surface area contributed by atoms with Crippen LogP contribution in [0.25, 0.3) is 0 Å². The Kier molecular flexibility index (Phi) is 6.09. The van der Waals surface area contributed by atoms with Gasteiger partial charge in [-0.1, -0.05) is 24.3 Å². The Morgan fingerprint density at radius 3 is 2.67 bits per heavy atom. The molecule has 9 heteroatoms. The molecule has 33 heavy (non-hydrogen) atoms. The predicted octanol–water partition coefficient (Wildman–Crippen LogP) is 2.53. The molecular formula is C24H22FN5O3. The van der Waals surface area contributed by atoms with Gasteiger partial charge in [-0.15, -0.1) is 0 Å². The molecule has 0 unspecified atom stereocenters.